The SMILES string of the molecule is N#Cc1ccc(COc2cccc(C3CC4CN(Cc5nc6ccc(C(N)=O)cc6n5C[C@@H]5CCO5)C(CO4)C3)n2)c(F)c1. The minimum absolute atomic E-state index is 0.0225. The first kappa shape index (κ1) is 28.4. The van der Waals surface area contributed by atoms with Crippen molar-refractivity contribution in [2.45, 2.75) is 63.1 Å². The van der Waals surface area contributed by atoms with Crippen molar-refractivity contribution in [3.63, 3.8) is 0 Å². The van der Waals surface area contributed by atoms with Gasteiger partial charge in [-0.3, -0.25) is 9.69 Å². The number of nitrogens with two attached hydrogens (primary N) is 1. The fourth-order valence-corrected chi connectivity index (χ4v) is 6.44. The summed E-state index contributed by atoms with van der Waals surface area (Å²) in [5.41, 5.74) is 9.34. The Hall–Kier alpha value is -4.37. The zero-order valence-electron chi connectivity index (χ0n) is 24.2. The van der Waals surface area contributed by atoms with E-state index in [1.54, 1.807) is 24.3 Å². The van der Waals surface area contributed by atoms with Crippen LogP contribution in [0.1, 0.15) is 58.2 Å². The molecule has 2 bridgehead atoms. The molecule has 11 heteroatoms. The minimum Gasteiger partial charge on any atom is -0.473 e. The highest BCUT2D eigenvalue weighted by Gasteiger charge is 2.38. The Kier molecular flexibility index (Phi) is 7.72. The Morgan fingerprint density at radius 1 is 1.14 bits per heavy atom. The maximum absolute atomic E-state index is 14.4. The van der Waals surface area contributed by atoms with E-state index in [1.807, 2.05) is 30.3 Å². The van der Waals surface area contributed by atoms with Gasteiger partial charge in [-0.15, -0.1) is 0 Å². The predicted octanol–water partition coefficient (Wildman–Crippen LogP) is 4.06. The number of rotatable bonds is 9. The van der Waals surface area contributed by atoms with Gasteiger partial charge >= 0.3 is 0 Å². The summed E-state index contributed by atoms with van der Waals surface area (Å²) in [5, 5.41) is 8.99. The highest BCUT2D eigenvalue weighted by atomic mass is 19.1. The molecule has 2 N–H and O–H groups in total. The summed E-state index contributed by atoms with van der Waals surface area (Å²) in [6.07, 6.45) is 2.88. The molecule has 44 heavy (non-hydrogen) atoms. The van der Waals surface area contributed by atoms with E-state index in [-0.39, 0.29) is 36.3 Å². The van der Waals surface area contributed by atoms with Crippen LogP contribution in [0.15, 0.2) is 54.6 Å². The fourth-order valence-electron chi connectivity index (χ4n) is 6.44. The van der Waals surface area contributed by atoms with Crippen LogP contribution >= 0.6 is 0 Å². The fraction of sp³-hybridized carbons (Fsp3) is 0.394. The van der Waals surface area contributed by atoms with Crippen molar-refractivity contribution in [3.8, 4) is 11.9 Å². The van der Waals surface area contributed by atoms with Crippen molar-refractivity contribution in [1.29, 1.82) is 5.26 Å². The third-order valence-electron chi connectivity index (χ3n) is 8.94. The van der Waals surface area contributed by atoms with Gasteiger partial charge in [0, 0.05) is 48.0 Å². The molecule has 4 aromatic rings. The number of hydrogen-bond acceptors (Lipinski definition) is 8. The number of hydrogen-bond donors (Lipinski definition) is 1. The molecule has 2 aromatic heterocycles. The quantitative estimate of drug-likeness (QED) is 0.307. The molecule has 2 aromatic carbocycles. The highest BCUT2D eigenvalue weighted by Crippen LogP contribution is 2.37. The molecule has 4 aliphatic rings. The Balaban J connectivity index is 1.08. The number of fused-ring (bicyclic) bond motifs is 5. The highest BCUT2D eigenvalue weighted by molar-refractivity contribution is 5.96. The third kappa shape index (κ3) is 5.76. The summed E-state index contributed by atoms with van der Waals surface area (Å²) in [6.45, 7) is 3.53. The summed E-state index contributed by atoms with van der Waals surface area (Å²) >= 11 is 0. The van der Waals surface area contributed by atoms with E-state index < -0.39 is 11.7 Å². The number of primary amides is 1. The number of aromatic nitrogens is 3. The van der Waals surface area contributed by atoms with Crippen LogP contribution in [0.25, 0.3) is 11.0 Å². The first-order valence-electron chi connectivity index (χ1n) is 15.0. The molecule has 6 heterocycles. The molecule has 10 nitrogen and oxygen atoms in total. The van der Waals surface area contributed by atoms with E-state index in [0.717, 1.165) is 55.0 Å². The molecule has 3 unspecified atom stereocenters. The summed E-state index contributed by atoms with van der Waals surface area (Å²) in [5.74, 6) is 0.610. The lowest BCUT2D eigenvalue weighted by Gasteiger charge is -2.36. The monoisotopic (exact) mass is 596 g/mol. The van der Waals surface area contributed by atoms with E-state index in [9.17, 15) is 9.18 Å². The summed E-state index contributed by atoms with van der Waals surface area (Å²) in [7, 11) is 0. The van der Waals surface area contributed by atoms with Crippen LogP contribution in [-0.2, 0) is 29.2 Å². The van der Waals surface area contributed by atoms with Crippen molar-refractivity contribution in [2.75, 3.05) is 19.8 Å². The Morgan fingerprint density at radius 3 is 2.80 bits per heavy atom. The molecule has 0 spiro atoms. The number of halogens is 1. The van der Waals surface area contributed by atoms with Crippen LogP contribution in [0.4, 0.5) is 4.39 Å². The van der Waals surface area contributed by atoms with Gasteiger partial charge in [0.1, 0.15) is 18.2 Å². The number of imidazole rings is 1. The molecular weight excluding hydrogens is 563 g/mol. The molecular formula is C33H33FN6O4. The first-order valence-corrected chi connectivity index (χ1v) is 15.0. The van der Waals surface area contributed by atoms with E-state index in [0.29, 0.717) is 36.7 Å². The molecule has 4 fully saturated rings. The second-order valence-corrected chi connectivity index (χ2v) is 11.8. The number of carbonyl (C=O) groups is 1. The Bertz CT molecular complexity index is 1750. The van der Waals surface area contributed by atoms with Gasteiger partial charge < -0.3 is 24.5 Å². The van der Waals surface area contributed by atoms with Crippen molar-refractivity contribution in [3.05, 3.63) is 88.6 Å². The first-order chi connectivity index (χ1) is 21.4. The number of ether oxygens (including phenoxy) is 3. The molecule has 4 atom stereocenters. The number of morpholine rings is 1. The second-order valence-electron chi connectivity index (χ2n) is 11.8. The zero-order valence-corrected chi connectivity index (χ0v) is 24.2. The van der Waals surface area contributed by atoms with E-state index in [1.165, 1.54) is 6.07 Å². The van der Waals surface area contributed by atoms with Crippen molar-refractivity contribution >= 4 is 16.9 Å². The molecule has 226 valence electrons. The van der Waals surface area contributed by atoms with Crippen molar-refractivity contribution in [1.82, 2.24) is 19.4 Å². The lowest BCUT2D eigenvalue weighted by Crippen LogP contribution is -2.47. The maximum atomic E-state index is 14.4. The van der Waals surface area contributed by atoms with Crippen LogP contribution in [0.5, 0.6) is 5.88 Å². The molecule has 1 amide bonds. The number of pyridine rings is 1. The number of carbonyl (C=O) groups excluding carboxylic acids is 1. The molecule has 0 saturated carbocycles. The summed E-state index contributed by atoms with van der Waals surface area (Å²) < 4.78 is 34.4. The average molecular weight is 597 g/mol. The minimum atomic E-state index is -0.472. The lowest BCUT2D eigenvalue weighted by atomic mass is 9.93. The standard InChI is InChI=1S/C33H33FN6O4/c34-27-10-20(14-35)4-5-22(27)18-44-32-3-1-2-28(38-32)23-11-24-19-43-26(12-23)15-39(24)17-31-37-29-7-6-21(33(36)41)13-30(29)40(31)16-25-8-9-42-25/h1-7,10,13,23-26H,8-9,11-12,15-19H2,(H2,36,41)/t23?,24?,25-,26?/m0/s1. The molecule has 4 aliphatic heterocycles. The van der Waals surface area contributed by atoms with E-state index >= 15 is 0 Å². The topological polar surface area (TPSA) is 129 Å². The van der Waals surface area contributed by atoms with Gasteiger partial charge in [0.2, 0.25) is 11.8 Å². The smallest absolute Gasteiger partial charge is 0.248 e. The Morgan fingerprint density at radius 2 is 2.02 bits per heavy atom. The summed E-state index contributed by atoms with van der Waals surface area (Å²) in [6, 6.07) is 17.6. The van der Waals surface area contributed by atoms with E-state index in [4.69, 9.17) is 35.2 Å². The van der Waals surface area contributed by atoms with Crippen LogP contribution in [0.2, 0.25) is 0 Å². The third-order valence-corrected chi connectivity index (χ3v) is 8.94. The summed E-state index contributed by atoms with van der Waals surface area (Å²) in [4.78, 5) is 24.1. The average Bonchev–Trinajstić information content (AvgIpc) is 3.11. The van der Waals surface area contributed by atoms with Gasteiger partial charge in [-0.25, -0.2) is 14.4 Å². The van der Waals surface area contributed by atoms with Gasteiger partial charge in [0.25, 0.3) is 0 Å². The maximum Gasteiger partial charge on any atom is 0.248 e. The van der Waals surface area contributed by atoms with Crippen LogP contribution in [0, 0.1) is 17.1 Å². The largest absolute Gasteiger partial charge is 0.473 e. The Labute approximate surface area is 254 Å². The number of nitrogens with zero attached hydrogens (tertiary/aromatic N) is 5. The second kappa shape index (κ2) is 12.0. The van der Waals surface area contributed by atoms with Crippen LogP contribution in [-0.4, -0.2) is 63.4 Å². The van der Waals surface area contributed by atoms with Gasteiger partial charge in [-0.05, 0) is 55.7 Å². The van der Waals surface area contributed by atoms with Crippen LogP contribution < -0.4 is 10.5 Å². The van der Waals surface area contributed by atoms with Crippen molar-refractivity contribution < 1.29 is 23.4 Å². The molecule has 0 aliphatic carbocycles. The van der Waals surface area contributed by atoms with Crippen LogP contribution in [0.3, 0.4) is 0 Å². The number of amides is 1. The molecule has 4 saturated heterocycles. The van der Waals surface area contributed by atoms with E-state index in [2.05, 4.69) is 9.47 Å². The zero-order chi connectivity index (χ0) is 30.2. The number of benzene rings is 2. The number of nitriles is 1. The van der Waals surface area contributed by atoms with Gasteiger partial charge in [0.05, 0.1) is 54.6 Å². The molecule has 0 radical (unpaired) electrons. The lowest BCUT2D eigenvalue weighted by molar-refractivity contribution is -0.0623. The van der Waals surface area contributed by atoms with Gasteiger partial charge in [-0.1, -0.05) is 12.1 Å². The van der Waals surface area contributed by atoms with Gasteiger partial charge in [-0.2, -0.15) is 5.26 Å². The predicted molar refractivity (Wildman–Crippen MR) is 158 cm³/mol. The normalized spacial score (nSPS) is 23.2. The molecule has 8 rings (SSSR count). The van der Waals surface area contributed by atoms with Gasteiger partial charge in [0.15, 0.2) is 0 Å². The van der Waals surface area contributed by atoms with Crippen molar-refractivity contribution in [2.24, 2.45) is 5.73 Å².